The maximum Gasteiger partial charge on any atom is 0.222 e. The fourth-order valence-corrected chi connectivity index (χ4v) is 10.5. The van der Waals surface area contributed by atoms with Gasteiger partial charge in [0.25, 0.3) is 0 Å². The van der Waals surface area contributed by atoms with Crippen LogP contribution in [0.4, 0.5) is 0 Å². The molecular formula is C30H48N4O2. The van der Waals surface area contributed by atoms with Crippen LogP contribution in [0, 0.1) is 29.6 Å². The van der Waals surface area contributed by atoms with Crippen molar-refractivity contribution < 1.29 is 9.59 Å². The van der Waals surface area contributed by atoms with E-state index in [1.807, 2.05) is 0 Å². The van der Waals surface area contributed by atoms with Gasteiger partial charge in [0, 0.05) is 56.6 Å². The number of amides is 2. The first-order chi connectivity index (χ1) is 17.7. The highest BCUT2D eigenvalue weighted by molar-refractivity contribution is 5.78. The van der Waals surface area contributed by atoms with Gasteiger partial charge in [-0.25, -0.2) is 0 Å². The van der Waals surface area contributed by atoms with Crippen molar-refractivity contribution in [2.24, 2.45) is 29.6 Å². The number of piperidine rings is 7. The zero-order valence-corrected chi connectivity index (χ0v) is 22.3. The van der Waals surface area contributed by atoms with E-state index in [4.69, 9.17) is 0 Å². The quantitative estimate of drug-likeness (QED) is 0.646. The van der Waals surface area contributed by atoms with E-state index in [1.54, 1.807) is 0 Å². The monoisotopic (exact) mass is 496 g/mol. The van der Waals surface area contributed by atoms with Gasteiger partial charge in [-0.15, -0.1) is 0 Å². The second-order valence-corrected chi connectivity index (χ2v) is 13.6. The molecule has 0 unspecified atom stereocenters. The largest absolute Gasteiger partial charge is 0.339 e. The third-order valence-corrected chi connectivity index (χ3v) is 11.8. The molecule has 0 spiro atoms. The van der Waals surface area contributed by atoms with E-state index >= 15 is 0 Å². The normalized spacial score (nSPS) is 44.9. The van der Waals surface area contributed by atoms with Gasteiger partial charge in [0.05, 0.1) is 0 Å². The summed E-state index contributed by atoms with van der Waals surface area (Å²) in [5.74, 6) is 4.39. The van der Waals surface area contributed by atoms with Gasteiger partial charge in [-0.3, -0.25) is 14.5 Å². The van der Waals surface area contributed by atoms with Crippen molar-refractivity contribution in [2.75, 3.05) is 32.7 Å². The summed E-state index contributed by atoms with van der Waals surface area (Å²) in [5.41, 5.74) is 0. The Morgan fingerprint density at radius 1 is 0.778 bits per heavy atom. The molecule has 6 nitrogen and oxygen atoms in total. The van der Waals surface area contributed by atoms with Gasteiger partial charge in [0.15, 0.2) is 0 Å². The van der Waals surface area contributed by atoms with E-state index in [9.17, 15) is 9.59 Å². The predicted octanol–water partition coefficient (Wildman–Crippen LogP) is 3.65. The van der Waals surface area contributed by atoms with Crippen LogP contribution >= 0.6 is 0 Å². The summed E-state index contributed by atoms with van der Waals surface area (Å²) in [6.07, 6.45) is 16.7. The van der Waals surface area contributed by atoms with Crippen molar-refractivity contribution in [1.82, 2.24) is 20.0 Å². The summed E-state index contributed by atoms with van der Waals surface area (Å²) in [6, 6.07) is 2.42. The average molecular weight is 497 g/mol. The van der Waals surface area contributed by atoms with Gasteiger partial charge in [-0.05, 0) is 113 Å². The van der Waals surface area contributed by atoms with Crippen LogP contribution in [0.25, 0.3) is 0 Å². The molecule has 7 saturated heterocycles. The number of nitrogens with one attached hydrogen (secondary N) is 1. The molecule has 0 aromatic rings. The van der Waals surface area contributed by atoms with Crippen molar-refractivity contribution in [3.63, 3.8) is 0 Å². The predicted molar refractivity (Wildman–Crippen MR) is 140 cm³/mol. The number of carbonyl (C=O) groups excluding carboxylic acids is 2. The van der Waals surface area contributed by atoms with Gasteiger partial charge in [-0.2, -0.15) is 0 Å². The molecule has 0 radical (unpaired) electrons. The standard InChI is InChI=1S/C30H48N4O2/c35-27-12-2-10-25-23-8-4-14-31-29(23)21(18-33(25)27)7-1-6-20-16-22-19-34-26(11-3-13-28(34)36)24-9-5-15-32(17-20)30(22)24/h20-26,29-31H,1-19H2/t20-,21+,22-,23+,24+,25+,26+,29-,30-/m0/s1. The minimum absolute atomic E-state index is 0.432. The zero-order chi connectivity index (χ0) is 24.2. The first-order valence-electron chi connectivity index (χ1n) is 15.7. The van der Waals surface area contributed by atoms with Gasteiger partial charge in [0.1, 0.15) is 0 Å². The molecule has 0 aromatic heterocycles. The lowest BCUT2D eigenvalue weighted by Gasteiger charge is -2.59. The molecule has 6 heteroatoms. The van der Waals surface area contributed by atoms with Crippen LogP contribution in [0.3, 0.4) is 0 Å². The molecule has 0 saturated carbocycles. The molecule has 2 amide bonds. The molecule has 36 heavy (non-hydrogen) atoms. The summed E-state index contributed by atoms with van der Waals surface area (Å²) >= 11 is 0. The Bertz CT molecular complexity index is 849. The molecule has 0 bridgehead atoms. The molecule has 200 valence electrons. The molecule has 7 rings (SSSR count). The van der Waals surface area contributed by atoms with Gasteiger partial charge >= 0.3 is 0 Å². The van der Waals surface area contributed by atoms with E-state index in [-0.39, 0.29) is 0 Å². The first-order valence-corrected chi connectivity index (χ1v) is 15.7. The molecule has 0 aliphatic carbocycles. The van der Waals surface area contributed by atoms with E-state index < -0.39 is 0 Å². The average Bonchev–Trinajstić information content (AvgIpc) is 2.90. The highest BCUT2D eigenvalue weighted by atomic mass is 16.2. The maximum absolute atomic E-state index is 12.8. The van der Waals surface area contributed by atoms with Gasteiger partial charge < -0.3 is 15.1 Å². The Kier molecular flexibility index (Phi) is 6.56. The molecule has 0 aromatic carbocycles. The van der Waals surface area contributed by atoms with E-state index in [0.29, 0.717) is 47.7 Å². The Hall–Kier alpha value is -1.14. The lowest BCUT2D eigenvalue weighted by molar-refractivity contribution is -0.153. The Labute approximate surface area is 217 Å². The SMILES string of the molecule is O=C1CCC[C@@H]2[C@H]3CCCN[C@H]3[C@H](CCC[C@H]3C[C@H]4CN5C(=O)CCC[C@@H]5[C@H]5CCCN(C3)[C@@H]45)CN12. The van der Waals surface area contributed by atoms with Gasteiger partial charge in [-0.1, -0.05) is 6.42 Å². The molecular weight excluding hydrogens is 448 g/mol. The number of fused-ring (bicyclic) bond motifs is 5. The summed E-state index contributed by atoms with van der Waals surface area (Å²) in [6.45, 7) is 5.77. The van der Waals surface area contributed by atoms with Crippen LogP contribution in [-0.4, -0.2) is 83.4 Å². The minimum atomic E-state index is 0.432. The first kappa shape index (κ1) is 23.9. The zero-order valence-electron chi connectivity index (χ0n) is 22.3. The third kappa shape index (κ3) is 4.13. The Balaban J connectivity index is 0.993. The number of nitrogens with zero attached hydrogens (tertiary/aromatic N) is 3. The lowest BCUT2D eigenvalue weighted by Crippen LogP contribution is -2.67. The van der Waals surface area contributed by atoms with Crippen molar-refractivity contribution in [2.45, 2.75) is 114 Å². The van der Waals surface area contributed by atoms with Gasteiger partial charge in [0.2, 0.25) is 11.8 Å². The number of hydrogen-bond acceptors (Lipinski definition) is 4. The van der Waals surface area contributed by atoms with Crippen LogP contribution in [-0.2, 0) is 9.59 Å². The molecule has 7 heterocycles. The van der Waals surface area contributed by atoms with Crippen molar-refractivity contribution in [3.05, 3.63) is 0 Å². The summed E-state index contributed by atoms with van der Waals surface area (Å²) in [4.78, 5) is 33.1. The Morgan fingerprint density at radius 2 is 1.53 bits per heavy atom. The van der Waals surface area contributed by atoms with E-state index in [2.05, 4.69) is 20.0 Å². The van der Waals surface area contributed by atoms with Crippen molar-refractivity contribution in [3.8, 4) is 0 Å². The number of carbonyl (C=O) groups is 2. The lowest BCUT2D eigenvalue weighted by atomic mass is 9.66. The molecule has 9 atom stereocenters. The second kappa shape index (κ2) is 9.87. The number of rotatable bonds is 4. The highest BCUT2D eigenvalue weighted by Gasteiger charge is 2.52. The maximum atomic E-state index is 12.8. The fourth-order valence-electron chi connectivity index (χ4n) is 10.5. The summed E-state index contributed by atoms with van der Waals surface area (Å²) in [7, 11) is 0. The van der Waals surface area contributed by atoms with Crippen LogP contribution in [0.5, 0.6) is 0 Å². The smallest absolute Gasteiger partial charge is 0.222 e. The molecule has 1 N–H and O–H groups in total. The highest BCUT2D eigenvalue weighted by Crippen LogP contribution is 2.47. The molecule has 7 fully saturated rings. The molecule has 7 aliphatic rings. The summed E-state index contributed by atoms with van der Waals surface area (Å²) in [5, 5.41) is 3.92. The van der Waals surface area contributed by atoms with Crippen molar-refractivity contribution >= 4 is 11.8 Å². The Morgan fingerprint density at radius 3 is 2.36 bits per heavy atom. The van der Waals surface area contributed by atoms with E-state index in [1.165, 1.54) is 77.3 Å². The van der Waals surface area contributed by atoms with Crippen LogP contribution in [0.2, 0.25) is 0 Å². The third-order valence-electron chi connectivity index (χ3n) is 11.8. The van der Waals surface area contributed by atoms with Crippen molar-refractivity contribution in [1.29, 1.82) is 0 Å². The van der Waals surface area contributed by atoms with Crippen LogP contribution in [0.1, 0.15) is 89.9 Å². The van der Waals surface area contributed by atoms with Crippen LogP contribution < -0.4 is 5.32 Å². The summed E-state index contributed by atoms with van der Waals surface area (Å²) < 4.78 is 0. The number of hydrogen-bond donors (Lipinski definition) is 1. The fraction of sp³-hybridized carbons (Fsp3) is 0.933. The topological polar surface area (TPSA) is 55.9 Å². The molecule has 7 aliphatic heterocycles. The van der Waals surface area contributed by atoms with Crippen LogP contribution in [0.15, 0.2) is 0 Å². The minimum Gasteiger partial charge on any atom is -0.339 e. The van der Waals surface area contributed by atoms with E-state index in [0.717, 1.165) is 63.2 Å². The second-order valence-electron chi connectivity index (χ2n) is 13.6.